The van der Waals surface area contributed by atoms with Crippen LogP contribution in [0.1, 0.15) is 10.4 Å². The summed E-state index contributed by atoms with van der Waals surface area (Å²) in [6.45, 7) is -0.131. The van der Waals surface area contributed by atoms with Crippen molar-refractivity contribution in [3.8, 4) is 0 Å². The lowest BCUT2D eigenvalue weighted by Gasteiger charge is -2.16. The summed E-state index contributed by atoms with van der Waals surface area (Å²) in [4.78, 5) is 24.2. The molecule has 0 saturated carbocycles. The molecule has 0 aliphatic heterocycles. The number of esters is 1. The van der Waals surface area contributed by atoms with Crippen LogP contribution in [0.2, 0.25) is 10.0 Å². The molecule has 0 saturated heterocycles. The number of ether oxygens (including phenoxy) is 1. The summed E-state index contributed by atoms with van der Waals surface area (Å²) in [5.41, 5.74) is 0.294. The van der Waals surface area contributed by atoms with Gasteiger partial charge in [0.2, 0.25) is 0 Å². The van der Waals surface area contributed by atoms with Crippen LogP contribution in [0.15, 0.2) is 18.2 Å². The van der Waals surface area contributed by atoms with Crippen LogP contribution in [0.4, 0.5) is 0 Å². The van der Waals surface area contributed by atoms with E-state index in [1.54, 1.807) is 6.07 Å². The van der Waals surface area contributed by atoms with Gasteiger partial charge in [0.25, 0.3) is 5.91 Å². The molecule has 1 amide bonds. The summed E-state index contributed by atoms with van der Waals surface area (Å²) < 4.78 is 4.47. The molecule has 1 rings (SSSR count). The third-order valence-corrected chi connectivity index (χ3v) is 2.65. The number of hydrogen-bond acceptors (Lipinski definition) is 3. The summed E-state index contributed by atoms with van der Waals surface area (Å²) in [7, 11) is 2.75. The van der Waals surface area contributed by atoms with Crippen LogP contribution < -0.4 is 0 Å². The summed E-state index contributed by atoms with van der Waals surface area (Å²) in [5, 5.41) is 0.696. The molecule has 0 radical (unpaired) electrons. The number of amides is 1. The summed E-state index contributed by atoms with van der Waals surface area (Å²) in [6.07, 6.45) is 0. The maximum absolute atomic E-state index is 11.9. The maximum Gasteiger partial charge on any atom is 0.325 e. The third kappa shape index (κ3) is 3.61. The van der Waals surface area contributed by atoms with Crippen molar-refractivity contribution >= 4 is 35.1 Å². The van der Waals surface area contributed by atoms with Gasteiger partial charge in [-0.3, -0.25) is 9.59 Å². The lowest BCUT2D eigenvalue weighted by molar-refractivity contribution is -0.141. The van der Waals surface area contributed by atoms with Crippen LogP contribution >= 0.6 is 23.2 Å². The normalized spacial score (nSPS) is 9.88. The van der Waals surface area contributed by atoms with Crippen molar-refractivity contribution in [3.05, 3.63) is 33.8 Å². The largest absolute Gasteiger partial charge is 0.468 e. The van der Waals surface area contributed by atoms with Crippen molar-refractivity contribution in [2.24, 2.45) is 0 Å². The van der Waals surface area contributed by atoms with Gasteiger partial charge in [-0.1, -0.05) is 23.2 Å². The zero-order chi connectivity index (χ0) is 13.0. The van der Waals surface area contributed by atoms with Crippen molar-refractivity contribution in [2.45, 2.75) is 0 Å². The van der Waals surface area contributed by atoms with Gasteiger partial charge in [-0.15, -0.1) is 0 Å². The van der Waals surface area contributed by atoms with Crippen molar-refractivity contribution in [3.63, 3.8) is 0 Å². The second-order valence-corrected chi connectivity index (χ2v) is 4.21. The van der Waals surface area contributed by atoms with E-state index < -0.39 is 5.97 Å². The average Bonchev–Trinajstić information content (AvgIpc) is 2.28. The van der Waals surface area contributed by atoms with E-state index in [9.17, 15) is 9.59 Å². The first kappa shape index (κ1) is 13.8. The first-order valence-corrected chi connectivity index (χ1v) is 5.48. The highest BCUT2D eigenvalue weighted by molar-refractivity contribution is 6.36. The van der Waals surface area contributed by atoms with Crippen molar-refractivity contribution in [2.75, 3.05) is 20.7 Å². The summed E-state index contributed by atoms with van der Waals surface area (Å²) in [6, 6.07) is 4.55. The Hall–Kier alpha value is -1.26. The number of halogens is 2. The zero-order valence-electron chi connectivity index (χ0n) is 9.37. The minimum Gasteiger partial charge on any atom is -0.468 e. The van der Waals surface area contributed by atoms with E-state index in [1.165, 1.54) is 31.2 Å². The van der Waals surface area contributed by atoms with Crippen LogP contribution in [0.3, 0.4) is 0 Å². The molecule has 6 heteroatoms. The highest BCUT2D eigenvalue weighted by Gasteiger charge is 2.17. The highest BCUT2D eigenvalue weighted by atomic mass is 35.5. The first-order valence-electron chi connectivity index (χ1n) is 4.73. The molecule has 4 nitrogen and oxygen atoms in total. The maximum atomic E-state index is 11.9. The fourth-order valence-corrected chi connectivity index (χ4v) is 1.69. The van der Waals surface area contributed by atoms with Gasteiger partial charge in [0.15, 0.2) is 0 Å². The predicted molar refractivity (Wildman–Crippen MR) is 65.4 cm³/mol. The van der Waals surface area contributed by atoms with E-state index in [0.717, 1.165) is 0 Å². The van der Waals surface area contributed by atoms with Gasteiger partial charge in [0, 0.05) is 12.1 Å². The van der Waals surface area contributed by atoms with Gasteiger partial charge in [0.1, 0.15) is 6.54 Å². The fourth-order valence-electron chi connectivity index (χ4n) is 1.20. The van der Waals surface area contributed by atoms with Gasteiger partial charge < -0.3 is 9.64 Å². The summed E-state index contributed by atoms with van der Waals surface area (Å²) >= 11 is 11.6. The van der Waals surface area contributed by atoms with Crippen molar-refractivity contribution in [1.29, 1.82) is 0 Å². The van der Waals surface area contributed by atoms with Crippen LogP contribution in [-0.4, -0.2) is 37.5 Å². The Morgan fingerprint density at radius 1 is 1.35 bits per heavy atom. The molecular weight excluding hydrogens is 265 g/mol. The van der Waals surface area contributed by atoms with E-state index in [1.807, 2.05) is 0 Å². The van der Waals surface area contributed by atoms with Crippen LogP contribution in [0, 0.1) is 0 Å². The third-order valence-electron chi connectivity index (χ3n) is 2.10. The standard InChI is InChI=1S/C11H11Cl2NO3/c1-14(6-10(15)17-2)11(16)8-4-3-7(12)5-9(8)13/h3-5H,6H2,1-2H3. The Kier molecular flexibility index (Phi) is 4.78. The van der Waals surface area contributed by atoms with E-state index in [-0.39, 0.29) is 17.5 Å². The molecule has 0 spiro atoms. The SMILES string of the molecule is COC(=O)CN(C)C(=O)c1ccc(Cl)cc1Cl. The summed E-state index contributed by atoms with van der Waals surface area (Å²) in [5.74, 6) is -0.858. The molecule has 0 heterocycles. The molecule has 0 aliphatic carbocycles. The van der Waals surface area contributed by atoms with Crippen molar-refractivity contribution in [1.82, 2.24) is 4.90 Å². The smallest absolute Gasteiger partial charge is 0.325 e. The van der Waals surface area contributed by atoms with Crippen LogP contribution in [-0.2, 0) is 9.53 Å². The second-order valence-electron chi connectivity index (χ2n) is 3.36. The second kappa shape index (κ2) is 5.89. The van der Waals surface area contributed by atoms with Gasteiger partial charge in [-0.25, -0.2) is 0 Å². The monoisotopic (exact) mass is 275 g/mol. The number of rotatable bonds is 3. The fraction of sp³-hybridized carbons (Fsp3) is 0.273. The lowest BCUT2D eigenvalue weighted by Crippen LogP contribution is -2.32. The van der Waals surface area contributed by atoms with Crippen LogP contribution in [0.25, 0.3) is 0 Å². The molecule has 0 aromatic heterocycles. The van der Waals surface area contributed by atoms with E-state index >= 15 is 0 Å². The zero-order valence-corrected chi connectivity index (χ0v) is 10.9. The molecule has 0 N–H and O–H groups in total. The van der Waals surface area contributed by atoms with Gasteiger partial charge in [0.05, 0.1) is 17.7 Å². The highest BCUT2D eigenvalue weighted by Crippen LogP contribution is 2.21. The predicted octanol–water partition coefficient (Wildman–Crippen LogP) is 2.24. The Morgan fingerprint density at radius 3 is 2.53 bits per heavy atom. The number of nitrogens with zero attached hydrogens (tertiary/aromatic N) is 1. The van der Waals surface area contributed by atoms with Gasteiger partial charge in [-0.05, 0) is 18.2 Å². The molecule has 0 aliphatic rings. The van der Waals surface area contributed by atoms with Crippen LogP contribution in [0.5, 0.6) is 0 Å². The Morgan fingerprint density at radius 2 is 2.00 bits per heavy atom. The Bertz CT molecular complexity index is 448. The topological polar surface area (TPSA) is 46.6 Å². The number of carbonyl (C=O) groups is 2. The number of hydrogen-bond donors (Lipinski definition) is 0. The quantitative estimate of drug-likeness (QED) is 0.795. The van der Waals surface area contributed by atoms with Gasteiger partial charge in [-0.2, -0.15) is 0 Å². The first-order chi connectivity index (χ1) is 7.95. The molecule has 17 heavy (non-hydrogen) atoms. The number of carbonyl (C=O) groups excluding carboxylic acids is 2. The molecule has 1 aromatic rings. The molecule has 1 aromatic carbocycles. The molecule has 0 bridgehead atoms. The minimum absolute atomic E-state index is 0.131. The number of benzene rings is 1. The Balaban J connectivity index is 2.85. The molecule has 0 atom stereocenters. The average molecular weight is 276 g/mol. The van der Waals surface area contributed by atoms with E-state index in [0.29, 0.717) is 10.6 Å². The number of methoxy groups -OCH3 is 1. The number of likely N-dealkylation sites (N-methyl/N-ethyl adjacent to an activating group) is 1. The van der Waals surface area contributed by atoms with E-state index in [2.05, 4.69) is 4.74 Å². The molecular formula is C11H11Cl2NO3. The van der Waals surface area contributed by atoms with Crippen molar-refractivity contribution < 1.29 is 14.3 Å². The lowest BCUT2D eigenvalue weighted by atomic mass is 10.2. The van der Waals surface area contributed by atoms with E-state index in [4.69, 9.17) is 23.2 Å². The Labute approximate surface area is 109 Å². The van der Waals surface area contributed by atoms with Gasteiger partial charge >= 0.3 is 5.97 Å². The molecule has 0 unspecified atom stereocenters. The minimum atomic E-state index is -0.495. The molecule has 92 valence electrons. The molecule has 0 fully saturated rings.